The molecule has 1 spiro atoms. The maximum Gasteiger partial charge on any atom is 0.315 e. The van der Waals surface area contributed by atoms with Crippen molar-refractivity contribution in [3.05, 3.63) is 12.2 Å². The van der Waals surface area contributed by atoms with Crippen LogP contribution >= 0.6 is 0 Å². The van der Waals surface area contributed by atoms with Gasteiger partial charge >= 0.3 is 17.9 Å². The fourth-order valence-electron chi connectivity index (χ4n) is 8.51. The molecule has 0 amide bonds. The number of hydrogen-bond acceptors (Lipinski definition) is 9. The monoisotopic (exact) mass is 482 g/mol. The Morgan fingerprint density at radius 2 is 1.91 bits per heavy atom. The molecule has 4 bridgehead atoms. The van der Waals surface area contributed by atoms with Gasteiger partial charge in [0.15, 0.2) is 0 Å². The van der Waals surface area contributed by atoms with E-state index in [0.29, 0.717) is 38.5 Å². The van der Waals surface area contributed by atoms with Crippen LogP contribution < -0.4 is 0 Å². The second kappa shape index (κ2) is 6.59. The van der Waals surface area contributed by atoms with Gasteiger partial charge in [-0.3, -0.25) is 18.6 Å². The molecule has 1 heterocycles. The second-order valence-corrected chi connectivity index (χ2v) is 12.4. The van der Waals surface area contributed by atoms with Crippen molar-refractivity contribution in [3.8, 4) is 0 Å². The van der Waals surface area contributed by atoms with Crippen LogP contribution in [0.2, 0.25) is 0 Å². The van der Waals surface area contributed by atoms with Crippen LogP contribution in [0, 0.1) is 28.6 Å². The molecule has 4 aliphatic carbocycles. The number of rotatable bonds is 4. The molecule has 9 nitrogen and oxygen atoms in total. The number of esters is 3. The topological polar surface area (TPSA) is 122 Å². The molecule has 0 aromatic carbocycles. The smallest absolute Gasteiger partial charge is 0.315 e. The van der Waals surface area contributed by atoms with Gasteiger partial charge in [0.05, 0.1) is 25.4 Å². The minimum absolute atomic E-state index is 0.160. The van der Waals surface area contributed by atoms with Gasteiger partial charge in [0, 0.05) is 18.8 Å². The fraction of sp³-hybridized carbons (Fsp3) is 0.783. The zero-order valence-electron chi connectivity index (χ0n) is 19.3. The predicted octanol–water partition coefficient (Wildman–Crippen LogP) is 1.89. The Balaban J connectivity index is 1.68. The molecule has 0 unspecified atom stereocenters. The maximum atomic E-state index is 13.4. The average Bonchev–Trinajstić information content (AvgIpc) is 3.13. The van der Waals surface area contributed by atoms with Gasteiger partial charge in [-0.25, -0.2) is 0 Å². The van der Waals surface area contributed by atoms with Crippen molar-refractivity contribution in [1.82, 2.24) is 0 Å². The van der Waals surface area contributed by atoms with E-state index in [1.54, 1.807) is 6.92 Å². The minimum Gasteiger partial charge on any atom is -0.469 e. The fourth-order valence-corrected chi connectivity index (χ4v) is 9.23. The summed E-state index contributed by atoms with van der Waals surface area (Å²) in [6, 6.07) is 0. The number of carbonyl (C=O) groups excluding carboxylic acids is 3. The molecule has 33 heavy (non-hydrogen) atoms. The highest BCUT2D eigenvalue weighted by Crippen LogP contribution is 2.79. The predicted molar refractivity (Wildman–Crippen MR) is 113 cm³/mol. The molecule has 1 saturated heterocycles. The van der Waals surface area contributed by atoms with Crippen molar-refractivity contribution >= 4 is 28.0 Å². The van der Waals surface area contributed by atoms with E-state index < -0.39 is 68.0 Å². The summed E-state index contributed by atoms with van der Waals surface area (Å²) in [5.74, 6) is -2.93. The highest BCUT2D eigenvalue weighted by atomic mass is 32.2. The molecule has 5 rings (SSSR count). The van der Waals surface area contributed by atoms with Crippen molar-refractivity contribution < 1.29 is 41.2 Å². The number of methoxy groups -OCH3 is 1. The molecule has 4 saturated carbocycles. The van der Waals surface area contributed by atoms with Crippen LogP contribution in [0.25, 0.3) is 0 Å². The summed E-state index contributed by atoms with van der Waals surface area (Å²) in [6.45, 7) is 7.25. The lowest BCUT2D eigenvalue weighted by Gasteiger charge is -2.46. The van der Waals surface area contributed by atoms with Gasteiger partial charge in [0.1, 0.15) is 16.6 Å². The Morgan fingerprint density at radius 3 is 2.52 bits per heavy atom. The summed E-state index contributed by atoms with van der Waals surface area (Å²) in [4.78, 5) is 38.7. The Morgan fingerprint density at radius 1 is 1.21 bits per heavy atom. The highest BCUT2D eigenvalue weighted by molar-refractivity contribution is 7.86. The van der Waals surface area contributed by atoms with Crippen LogP contribution in [0.4, 0.5) is 0 Å². The molecule has 0 aromatic rings. The number of ether oxygens (including phenoxy) is 3. The third-order valence-corrected chi connectivity index (χ3v) is 9.90. The Kier molecular flexibility index (Phi) is 4.56. The molecule has 0 radical (unpaired) electrons. The second-order valence-electron chi connectivity index (χ2n) is 10.8. The van der Waals surface area contributed by atoms with Crippen LogP contribution in [-0.2, 0) is 42.9 Å². The summed E-state index contributed by atoms with van der Waals surface area (Å²) in [7, 11) is -2.54. The lowest BCUT2D eigenvalue weighted by Crippen LogP contribution is -2.54. The summed E-state index contributed by atoms with van der Waals surface area (Å²) < 4.78 is 46.7. The molecular formula is C23H30O9S. The van der Waals surface area contributed by atoms with Gasteiger partial charge in [-0.05, 0) is 56.4 Å². The Hall–Kier alpha value is -1.94. The summed E-state index contributed by atoms with van der Waals surface area (Å²) >= 11 is 0. The number of carbonyl (C=O) groups is 3. The van der Waals surface area contributed by atoms with Gasteiger partial charge in [0.2, 0.25) is 0 Å². The van der Waals surface area contributed by atoms with Crippen LogP contribution in [-0.4, -0.2) is 57.0 Å². The molecule has 5 fully saturated rings. The van der Waals surface area contributed by atoms with Crippen LogP contribution in [0.15, 0.2) is 12.2 Å². The molecule has 182 valence electrons. The maximum absolute atomic E-state index is 13.4. The van der Waals surface area contributed by atoms with Crippen LogP contribution in [0.3, 0.4) is 0 Å². The van der Waals surface area contributed by atoms with Gasteiger partial charge in [-0.15, -0.1) is 0 Å². The zero-order valence-corrected chi connectivity index (χ0v) is 20.2. The first-order valence-corrected chi connectivity index (χ1v) is 13.1. The first-order chi connectivity index (χ1) is 15.3. The van der Waals surface area contributed by atoms with E-state index in [2.05, 4.69) is 6.58 Å². The molecular weight excluding hydrogens is 452 g/mol. The summed E-state index contributed by atoms with van der Waals surface area (Å²) in [5, 5.41) is 0. The van der Waals surface area contributed by atoms with Gasteiger partial charge in [-0.2, -0.15) is 8.42 Å². The van der Waals surface area contributed by atoms with Crippen molar-refractivity contribution in [1.29, 1.82) is 0 Å². The lowest BCUT2D eigenvalue weighted by atomic mass is 9.59. The molecule has 10 heteroatoms. The van der Waals surface area contributed by atoms with Gasteiger partial charge in [0.25, 0.3) is 10.1 Å². The standard InChI is InChI=1S/C23H30O9S/c1-12-10-21-11-22(12,30-13(2)24)8-6-14(21)23-9-7-15(32-33(5,27)28)20(3,19(26)31-23)17(23)16(21)18(25)29-4/h14-17H,1,6-11H2,2-5H3/t14-,15+,16-,17-,20-,21+,22+,23-/m1/s1. The molecule has 8 atom stereocenters. The van der Waals surface area contributed by atoms with E-state index in [1.165, 1.54) is 14.0 Å². The van der Waals surface area contributed by atoms with E-state index in [0.717, 1.165) is 11.8 Å². The third kappa shape index (κ3) is 2.68. The third-order valence-electron chi connectivity index (χ3n) is 9.32. The van der Waals surface area contributed by atoms with Gasteiger partial charge < -0.3 is 14.2 Å². The van der Waals surface area contributed by atoms with Crippen molar-refractivity contribution in [3.63, 3.8) is 0 Å². The van der Waals surface area contributed by atoms with Crippen molar-refractivity contribution in [2.75, 3.05) is 13.4 Å². The Labute approximate surface area is 193 Å². The zero-order chi connectivity index (χ0) is 24.2. The number of fused-ring (bicyclic) bond motifs is 1. The average molecular weight is 483 g/mol. The van der Waals surface area contributed by atoms with Crippen LogP contribution in [0.5, 0.6) is 0 Å². The van der Waals surface area contributed by atoms with E-state index in [4.69, 9.17) is 18.4 Å². The minimum atomic E-state index is -3.85. The van der Waals surface area contributed by atoms with E-state index >= 15 is 0 Å². The molecule has 0 N–H and O–H groups in total. The first kappa shape index (κ1) is 22.8. The van der Waals surface area contributed by atoms with Crippen molar-refractivity contribution in [2.24, 2.45) is 28.6 Å². The summed E-state index contributed by atoms with van der Waals surface area (Å²) in [5.41, 5.74) is -3.01. The molecule has 1 aliphatic heterocycles. The first-order valence-electron chi connectivity index (χ1n) is 11.3. The van der Waals surface area contributed by atoms with E-state index in [9.17, 15) is 22.8 Å². The normalized spacial score (nSPS) is 47.5. The molecule has 5 aliphatic rings. The summed E-state index contributed by atoms with van der Waals surface area (Å²) in [6.07, 6.45) is 2.73. The van der Waals surface area contributed by atoms with E-state index in [-0.39, 0.29) is 5.92 Å². The number of hydrogen-bond donors (Lipinski definition) is 0. The van der Waals surface area contributed by atoms with E-state index in [1.807, 2.05) is 0 Å². The largest absolute Gasteiger partial charge is 0.469 e. The van der Waals surface area contributed by atoms with Crippen LogP contribution in [0.1, 0.15) is 52.4 Å². The molecule has 0 aromatic heterocycles. The quantitative estimate of drug-likeness (QED) is 0.256. The van der Waals surface area contributed by atoms with Crippen molar-refractivity contribution in [2.45, 2.75) is 69.7 Å². The lowest BCUT2D eigenvalue weighted by molar-refractivity contribution is -0.169. The Bertz CT molecular complexity index is 1080. The van der Waals surface area contributed by atoms with Gasteiger partial charge in [-0.1, -0.05) is 6.58 Å². The SMILES string of the molecule is C=C1C[C@]23C[C@@]1(OC(C)=O)CC[C@H]2[C@@]12CC[C@H](OS(C)(=O)=O)[C@@](C)(C(=O)O1)[C@H]2[C@@H]3C(=O)OC. The highest BCUT2D eigenvalue weighted by Gasteiger charge is 2.85.